The van der Waals surface area contributed by atoms with Crippen molar-refractivity contribution in [1.29, 1.82) is 0 Å². The van der Waals surface area contributed by atoms with E-state index in [4.69, 9.17) is 22.0 Å². The topological polar surface area (TPSA) is 35.2 Å². The van der Waals surface area contributed by atoms with Gasteiger partial charge in [0.1, 0.15) is 0 Å². The monoisotopic (exact) mass is 270 g/mol. The number of thiol groups is 1. The standard InChI is InChI=1S/C12H18BClNOS/c1-11(2,12(3,4)17)16-13-8-6-5-7-9(15)10(8)14/h5-7,17H,15H2,1-4H3. The molecule has 0 unspecified atom stereocenters. The molecule has 2 N–H and O–H groups in total. The molecule has 93 valence electrons. The van der Waals surface area contributed by atoms with Crippen LogP contribution in [0.3, 0.4) is 0 Å². The number of nitrogen functional groups attached to an aromatic ring is 1. The average Bonchev–Trinajstić information content (AvgIpc) is 2.18. The van der Waals surface area contributed by atoms with Gasteiger partial charge < -0.3 is 10.4 Å². The van der Waals surface area contributed by atoms with Crippen molar-refractivity contribution in [2.75, 3.05) is 5.73 Å². The molecule has 2 nitrogen and oxygen atoms in total. The van der Waals surface area contributed by atoms with Crippen LogP contribution >= 0.6 is 24.2 Å². The van der Waals surface area contributed by atoms with E-state index in [0.717, 1.165) is 5.46 Å². The van der Waals surface area contributed by atoms with Crippen LogP contribution in [0.25, 0.3) is 0 Å². The molecule has 0 saturated heterocycles. The summed E-state index contributed by atoms with van der Waals surface area (Å²) in [7, 11) is 1.64. The Morgan fingerprint density at radius 1 is 1.29 bits per heavy atom. The Kier molecular flexibility index (Phi) is 4.45. The van der Waals surface area contributed by atoms with Crippen molar-refractivity contribution in [2.45, 2.75) is 38.0 Å². The highest BCUT2D eigenvalue weighted by Gasteiger charge is 2.34. The predicted molar refractivity (Wildman–Crippen MR) is 79.5 cm³/mol. The van der Waals surface area contributed by atoms with E-state index < -0.39 is 5.60 Å². The van der Waals surface area contributed by atoms with Gasteiger partial charge in [-0.15, -0.1) is 0 Å². The second-order valence-corrected chi connectivity index (χ2v) is 6.55. The van der Waals surface area contributed by atoms with E-state index in [-0.39, 0.29) is 4.75 Å². The maximum Gasteiger partial charge on any atom is 0.332 e. The Bertz CT molecular complexity index is 404. The third-order valence-corrected chi connectivity index (χ3v) is 3.99. The van der Waals surface area contributed by atoms with E-state index in [2.05, 4.69) is 12.6 Å². The van der Waals surface area contributed by atoms with Crippen molar-refractivity contribution in [1.82, 2.24) is 0 Å². The Morgan fingerprint density at radius 3 is 2.41 bits per heavy atom. The van der Waals surface area contributed by atoms with Gasteiger partial charge in [0.25, 0.3) is 0 Å². The van der Waals surface area contributed by atoms with Crippen molar-refractivity contribution >= 4 is 42.9 Å². The maximum absolute atomic E-state index is 6.08. The van der Waals surface area contributed by atoms with Gasteiger partial charge in [0, 0.05) is 10.4 Å². The summed E-state index contributed by atoms with van der Waals surface area (Å²) >= 11 is 10.6. The summed E-state index contributed by atoms with van der Waals surface area (Å²) in [6, 6.07) is 5.46. The summed E-state index contributed by atoms with van der Waals surface area (Å²) in [5, 5.41) is 0.514. The van der Waals surface area contributed by atoms with Crippen LogP contribution in [0.2, 0.25) is 5.02 Å². The summed E-state index contributed by atoms with van der Waals surface area (Å²) in [4.78, 5) is 0. The zero-order valence-corrected chi connectivity index (χ0v) is 12.3. The van der Waals surface area contributed by atoms with Crippen molar-refractivity contribution < 1.29 is 4.65 Å². The molecule has 0 aliphatic carbocycles. The van der Waals surface area contributed by atoms with Crippen molar-refractivity contribution in [3.8, 4) is 0 Å². The van der Waals surface area contributed by atoms with Crippen LogP contribution in [0.4, 0.5) is 5.69 Å². The van der Waals surface area contributed by atoms with Gasteiger partial charge in [-0.3, -0.25) is 0 Å². The zero-order valence-electron chi connectivity index (χ0n) is 10.6. The molecule has 1 aromatic carbocycles. The molecule has 0 amide bonds. The van der Waals surface area contributed by atoms with Crippen molar-refractivity contribution in [2.24, 2.45) is 0 Å². The fraction of sp³-hybridized carbons (Fsp3) is 0.500. The summed E-state index contributed by atoms with van der Waals surface area (Å²) < 4.78 is 5.51. The lowest BCUT2D eigenvalue weighted by atomic mass is 9.83. The maximum atomic E-state index is 6.08. The smallest absolute Gasteiger partial charge is 0.332 e. The first-order valence-corrected chi connectivity index (χ1v) is 6.25. The Labute approximate surface area is 115 Å². The summed E-state index contributed by atoms with van der Waals surface area (Å²) in [6.45, 7) is 7.98. The SMILES string of the molecule is CC(C)(S)C(C)(C)O[B]c1cccc(N)c1Cl. The molecule has 0 bridgehead atoms. The van der Waals surface area contributed by atoms with Gasteiger partial charge in [0.05, 0.1) is 10.6 Å². The van der Waals surface area contributed by atoms with Gasteiger partial charge in [-0.25, -0.2) is 0 Å². The lowest BCUT2D eigenvalue weighted by molar-refractivity contribution is 0.0855. The number of nitrogens with two attached hydrogens (primary N) is 1. The van der Waals surface area contributed by atoms with E-state index >= 15 is 0 Å². The molecule has 1 radical (unpaired) electrons. The second-order valence-electron chi connectivity index (χ2n) is 5.06. The van der Waals surface area contributed by atoms with Crippen LogP contribution in [-0.4, -0.2) is 17.8 Å². The highest BCUT2D eigenvalue weighted by Crippen LogP contribution is 2.30. The average molecular weight is 271 g/mol. The van der Waals surface area contributed by atoms with E-state index in [0.29, 0.717) is 10.7 Å². The number of anilines is 1. The number of halogens is 1. The minimum Gasteiger partial charge on any atom is -0.428 e. The molecular formula is C12H18BClNOS. The minimum absolute atomic E-state index is 0.268. The first-order chi connectivity index (χ1) is 7.65. The second kappa shape index (κ2) is 5.13. The lowest BCUT2D eigenvalue weighted by Gasteiger charge is -2.38. The minimum atomic E-state index is -0.413. The van der Waals surface area contributed by atoms with Crippen LogP contribution in [0.15, 0.2) is 18.2 Å². The van der Waals surface area contributed by atoms with E-state index in [1.54, 1.807) is 13.5 Å². The molecule has 0 atom stereocenters. The van der Waals surface area contributed by atoms with Crippen LogP contribution in [-0.2, 0) is 4.65 Å². The van der Waals surface area contributed by atoms with Crippen LogP contribution < -0.4 is 11.2 Å². The molecule has 1 rings (SSSR count). The Hall–Kier alpha value is -0.315. The molecule has 0 aliphatic heterocycles. The third kappa shape index (κ3) is 3.57. The number of rotatable bonds is 4. The summed E-state index contributed by atoms with van der Waals surface area (Å²) in [6.07, 6.45) is 0. The first kappa shape index (κ1) is 14.7. The highest BCUT2D eigenvalue weighted by molar-refractivity contribution is 7.81. The van der Waals surface area contributed by atoms with E-state index in [1.165, 1.54) is 0 Å². The summed E-state index contributed by atoms with van der Waals surface area (Å²) in [5.74, 6) is 0. The van der Waals surface area contributed by atoms with E-state index in [9.17, 15) is 0 Å². The van der Waals surface area contributed by atoms with Gasteiger partial charge >= 0.3 is 7.48 Å². The lowest BCUT2D eigenvalue weighted by Crippen LogP contribution is -2.45. The molecule has 0 fully saturated rings. The van der Waals surface area contributed by atoms with Gasteiger partial charge in [-0.1, -0.05) is 23.7 Å². The molecule has 5 heteroatoms. The number of hydrogen-bond acceptors (Lipinski definition) is 3. The van der Waals surface area contributed by atoms with Crippen LogP contribution in [0, 0.1) is 0 Å². The molecular weight excluding hydrogens is 252 g/mol. The Morgan fingerprint density at radius 2 is 1.88 bits per heavy atom. The van der Waals surface area contributed by atoms with Gasteiger partial charge in [0.15, 0.2) is 0 Å². The number of hydrogen-bond donors (Lipinski definition) is 2. The fourth-order valence-corrected chi connectivity index (χ4v) is 1.24. The molecule has 17 heavy (non-hydrogen) atoms. The Balaban J connectivity index is 2.78. The van der Waals surface area contributed by atoms with Crippen LogP contribution in [0.5, 0.6) is 0 Å². The normalized spacial score (nSPS) is 12.6. The van der Waals surface area contributed by atoms with Crippen molar-refractivity contribution in [3.63, 3.8) is 0 Å². The summed E-state index contributed by atoms with van der Waals surface area (Å²) in [5.41, 5.74) is 6.63. The molecule has 0 aliphatic rings. The first-order valence-electron chi connectivity index (χ1n) is 5.42. The molecule has 1 aromatic rings. The highest BCUT2D eigenvalue weighted by atomic mass is 35.5. The van der Waals surface area contributed by atoms with Crippen LogP contribution in [0.1, 0.15) is 27.7 Å². The fourth-order valence-electron chi connectivity index (χ4n) is 1.01. The largest absolute Gasteiger partial charge is 0.428 e. The molecule has 0 heterocycles. The quantitative estimate of drug-likeness (QED) is 0.501. The predicted octanol–water partition coefficient (Wildman–Crippen LogP) is 2.67. The third-order valence-electron chi connectivity index (χ3n) is 3.01. The van der Waals surface area contributed by atoms with Gasteiger partial charge in [-0.05, 0) is 39.2 Å². The van der Waals surface area contributed by atoms with Gasteiger partial charge in [-0.2, -0.15) is 12.6 Å². The zero-order chi connectivity index (χ0) is 13.3. The molecule has 0 saturated carbocycles. The van der Waals surface area contributed by atoms with E-state index in [1.807, 2.05) is 39.8 Å². The number of benzene rings is 1. The molecule has 0 aromatic heterocycles. The molecule has 0 spiro atoms. The van der Waals surface area contributed by atoms with Crippen molar-refractivity contribution in [3.05, 3.63) is 23.2 Å². The van der Waals surface area contributed by atoms with Gasteiger partial charge in [0.2, 0.25) is 0 Å².